The minimum atomic E-state index is -0.108. The number of ether oxygens (including phenoxy) is 2. The second-order valence-electron chi connectivity index (χ2n) is 5.78. The molecule has 0 radical (unpaired) electrons. The minimum Gasteiger partial charge on any atom is -0.497 e. The summed E-state index contributed by atoms with van der Waals surface area (Å²) in [5.74, 6) is 1.41. The number of carbonyl (C=O) groups excluding carboxylic acids is 2. The van der Waals surface area contributed by atoms with Crippen molar-refractivity contribution in [3.8, 4) is 11.5 Å². The van der Waals surface area contributed by atoms with Gasteiger partial charge in [0.15, 0.2) is 0 Å². The Bertz CT molecular complexity index is 712. The van der Waals surface area contributed by atoms with E-state index < -0.39 is 0 Å². The highest BCUT2D eigenvalue weighted by Gasteiger charge is 2.03. The highest BCUT2D eigenvalue weighted by atomic mass is 16.5. The van der Waals surface area contributed by atoms with E-state index >= 15 is 0 Å². The monoisotopic (exact) mass is 356 g/mol. The molecule has 0 aliphatic carbocycles. The number of hydrogen-bond acceptors (Lipinski definition) is 4. The molecule has 0 saturated heterocycles. The van der Waals surface area contributed by atoms with Crippen LogP contribution in [-0.2, 0) is 16.1 Å². The van der Waals surface area contributed by atoms with Crippen LogP contribution in [0.25, 0.3) is 0 Å². The van der Waals surface area contributed by atoms with E-state index in [1.807, 2.05) is 48.5 Å². The van der Waals surface area contributed by atoms with E-state index in [2.05, 4.69) is 10.6 Å². The van der Waals surface area contributed by atoms with Crippen molar-refractivity contribution >= 4 is 17.5 Å². The number of benzene rings is 2. The third kappa shape index (κ3) is 6.84. The van der Waals surface area contributed by atoms with Gasteiger partial charge in [0.25, 0.3) is 0 Å². The molecule has 2 rings (SSSR count). The number of methoxy groups -OCH3 is 1. The Hall–Kier alpha value is -3.02. The van der Waals surface area contributed by atoms with E-state index in [0.717, 1.165) is 22.7 Å². The maximum absolute atomic E-state index is 11.9. The number of nitrogens with one attached hydrogen (secondary N) is 2. The number of amides is 2. The van der Waals surface area contributed by atoms with E-state index in [1.54, 1.807) is 7.11 Å². The van der Waals surface area contributed by atoms with Crippen LogP contribution in [-0.4, -0.2) is 25.5 Å². The minimum absolute atomic E-state index is 0.0192. The van der Waals surface area contributed by atoms with Crippen LogP contribution in [0.3, 0.4) is 0 Å². The predicted octanol–water partition coefficient (Wildman–Crippen LogP) is 3.13. The molecule has 0 aromatic heterocycles. The number of anilines is 1. The summed E-state index contributed by atoms with van der Waals surface area (Å²) < 4.78 is 10.7. The molecule has 0 aliphatic rings. The van der Waals surface area contributed by atoms with Gasteiger partial charge < -0.3 is 20.1 Å². The van der Waals surface area contributed by atoms with Crippen molar-refractivity contribution in [2.45, 2.75) is 26.3 Å². The summed E-state index contributed by atoms with van der Waals surface area (Å²) in [7, 11) is 1.62. The molecule has 0 aliphatic heterocycles. The van der Waals surface area contributed by atoms with Crippen LogP contribution >= 0.6 is 0 Å². The van der Waals surface area contributed by atoms with Crippen molar-refractivity contribution in [2.75, 3.05) is 19.0 Å². The van der Waals surface area contributed by atoms with Gasteiger partial charge in [-0.05, 0) is 48.4 Å². The second kappa shape index (κ2) is 10.1. The van der Waals surface area contributed by atoms with Crippen molar-refractivity contribution in [3.05, 3.63) is 54.1 Å². The van der Waals surface area contributed by atoms with Crippen LogP contribution in [0.5, 0.6) is 11.5 Å². The molecule has 0 saturated carbocycles. The maximum Gasteiger partial charge on any atom is 0.221 e. The molecule has 6 nitrogen and oxygen atoms in total. The van der Waals surface area contributed by atoms with Crippen molar-refractivity contribution in [1.29, 1.82) is 0 Å². The van der Waals surface area contributed by atoms with Gasteiger partial charge in [-0.2, -0.15) is 0 Å². The van der Waals surface area contributed by atoms with Gasteiger partial charge >= 0.3 is 0 Å². The molecule has 0 unspecified atom stereocenters. The molecule has 138 valence electrons. The molecule has 2 aromatic rings. The summed E-state index contributed by atoms with van der Waals surface area (Å²) in [6.45, 7) is 2.40. The fourth-order valence-corrected chi connectivity index (χ4v) is 2.29. The molecule has 0 spiro atoms. The van der Waals surface area contributed by atoms with Gasteiger partial charge in [-0.1, -0.05) is 12.1 Å². The average Bonchev–Trinajstić information content (AvgIpc) is 2.65. The zero-order valence-corrected chi connectivity index (χ0v) is 15.1. The van der Waals surface area contributed by atoms with E-state index in [4.69, 9.17) is 9.47 Å². The third-order valence-electron chi connectivity index (χ3n) is 3.64. The van der Waals surface area contributed by atoms with Crippen molar-refractivity contribution < 1.29 is 19.1 Å². The first kappa shape index (κ1) is 19.3. The molecule has 2 aromatic carbocycles. The third-order valence-corrected chi connectivity index (χ3v) is 3.64. The Morgan fingerprint density at radius 2 is 1.62 bits per heavy atom. The van der Waals surface area contributed by atoms with Crippen LogP contribution < -0.4 is 20.1 Å². The zero-order valence-electron chi connectivity index (χ0n) is 15.1. The summed E-state index contributed by atoms with van der Waals surface area (Å²) in [5, 5.41) is 5.58. The van der Waals surface area contributed by atoms with Crippen LogP contribution in [0, 0.1) is 0 Å². The topological polar surface area (TPSA) is 76.7 Å². The molecule has 0 fully saturated rings. The lowest BCUT2D eigenvalue weighted by Crippen LogP contribution is -2.23. The van der Waals surface area contributed by atoms with Gasteiger partial charge in [0.2, 0.25) is 11.8 Å². The largest absolute Gasteiger partial charge is 0.497 e. The first-order valence-electron chi connectivity index (χ1n) is 8.47. The van der Waals surface area contributed by atoms with Crippen molar-refractivity contribution in [3.63, 3.8) is 0 Å². The Morgan fingerprint density at radius 3 is 2.23 bits per heavy atom. The molecule has 0 heterocycles. The molecule has 0 atom stereocenters. The normalized spacial score (nSPS) is 10.1. The fourth-order valence-electron chi connectivity index (χ4n) is 2.29. The smallest absolute Gasteiger partial charge is 0.221 e. The van der Waals surface area contributed by atoms with Crippen molar-refractivity contribution in [2.24, 2.45) is 0 Å². The molecule has 26 heavy (non-hydrogen) atoms. The lowest BCUT2D eigenvalue weighted by atomic mass is 10.2. The number of rotatable bonds is 9. The average molecular weight is 356 g/mol. The first-order chi connectivity index (χ1) is 12.6. The quantitative estimate of drug-likeness (QED) is 0.677. The van der Waals surface area contributed by atoms with E-state index in [1.165, 1.54) is 6.92 Å². The highest BCUT2D eigenvalue weighted by Crippen LogP contribution is 2.17. The Kier molecular flexibility index (Phi) is 7.49. The van der Waals surface area contributed by atoms with Gasteiger partial charge in [-0.3, -0.25) is 9.59 Å². The Morgan fingerprint density at radius 1 is 0.962 bits per heavy atom. The summed E-state index contributed by atoms with van der Waals surface area (Å²) in [5.41, 5.74) is 1.71. The van der Waals surface area contributed by atoms with E-state index in [9.17, 15) is 9.59 Å². The number of carbonyl (C=O) groups is 2. The summed E-state index contributed by atoms with van der Waals surface area (Å²) in [4.78, 5) is 22.9. The summed E-state index contributed by atoms with van der Waals surface area (Å²) in [6.07, 6.45) is 1.04. The molecular formula is C20H24N2O4. The molecular weight excluding hydrogens is 332 g/mol. The Labute approximate surface area is 153 Å². The van der Waals surface area contributed by atoms with E-state index in [-0.39, 0.29) is 11.8 Å². The maximum atomic E-state index is 11.9. The van der Waals surface area contributed by atoms with Gasteiger partial charge in [0.05, 0.1) is 13.7 Å². The zero-order chi connectivity index (χ0) is 18.8. The van der Waals surface area contributed by atoms with Crippen LogP contribution in [0.2, 0.25) is 0 Å². The van der Waals surface area contributed by atoms with Gasteiger partial charge in [0, 0.05) is 25.6 Å². The SMILES string of the molecule is COc1ccc(OCCCC(=O)NCc2ccc(NC(C)=O)cc2)cc1. The van der Waals surface area contributed by atoms with E-state index in [0.29, 0.717) is 26.0 Å². The van der Waals surface area contributed by atoms with Gasteiger partial charge in [-0.25, -0.2) is 0 Å². The lowest BCUT2D eigenvalue weighted by molar-refractivity contribution is -0.121. The molecule has 0 bridgehead atoms. The standard InChI is InChI=1S/C20H24N2O4/c1-15(23)22-17-7-5-16(6-8-17)14-21-20(24)4-3-13-26-19-11-9-18(25-2)10-12-19/h5-12H,3-4,13-14H2,1-2H3,(H,21,24)(H,22,23). The van der Waals surface area contributed by atoms with Gasteiger partial charge in [0.1, 0.15) is 11.5 Å². The van der Waals surface area contributed by atoms with Crippen molar-refractivity contribution in [1.82, 2.24) is 5.32 Å². The highest BCUT2D eigenvalue weighted by molar-refractivity contribution is 5.88. The molecule has 2 N–H and O–H groups in total. The van der Waals surface area contributed by atoms with Crippen LogP contribution in [0.4, 0.5) is 5.69 Å². The lowest BCUT2D eigenvalue weighted by Gasteiger charge is -2.08. The Balaban J connectivity index is 1.63. The second-order valence-corrected chi connectivity index (χ2v) is 5.78. The van der Waals surface area contributed by atoms with Crippen LogP contribution in [0.1, 0.15) is 25.3 Å². The molecule has 6 heteroatoms. The fraction of sp³-hybridized carbons (Fsp3) is 0.300. The number of hydrogen-bond donors (Lipinski definition) is 2. The summed E-state index contributed by atoms with van der Waals surface area (Å²) >= 11 is 0. The van der Waals surface area contributed by atoms with Gasteiger partial charge in [-0.15, -0.1) is 0 Å². The van der Waals surface area contributed by atoms with Crippen LogP contribution in [0.15, 0.2) is 48.5 Å². The summed E-state index contributed by atoms with van der Waals surface area (Å²) in [6, 6.07) is 14.7. The first-order valence-corrected chi connectivity index (χ1v) is 8.47. The predicted molar refractivity (Wildman–Crippen MR) is 100 cm³/mol. The molecule has 2 amide bonds.